The van der Waals surface area contributed by atoms with E-state index in [2.05, 4.69) is 46.9 Å². The average Bonchev–Trinajstić information content (AvgIpc) is 2.64. The number of hydrogen-bond acceptors (Lipinski definition) is 3. The summed E-state index contributed by atoms with van der Waals surface area (Å²) in [5.41, 5.74) is -0.256. The lowest BCUT2D eigenvalue weighted by Crippen LogP contribution is -2.37. The Labute approximate surface area is 193 Å². The van der Waals surface area contributed by atoms with Crippen molar-refractivity contribution in [1.82, 2.24) is 10.2 Å². The van der Waals surface area contributed by atoms with Crippen molar-refractivity contribution >= 4 is 5.91 Å². The van der Waals surface area contributed by atoms with Crippen LogP contribution in [0.15, 0.2) is 0 Å². The van der Waals surface area contributed by atoms with E-state index < -0.39 is 0 Å². The van der Waals surface area contributed by atoms with Crippen LogP contribution in [0, 0.1) is 29.6 Å². The number of hydrogen-bond donors (Lipinski definition) is 2. The molecular weight excluding hydrogens is 384 g/mol. The highest BCUT2D eigenvalue weighted by molar-refractivity contribution is 5.76. The van der Waals surface area contributed by atoms with Gasteiger partial charge >= 0.3 is 0 Å². The lowest BCUT2D eigenvalue weighted by molar-refractivity contribution is -0.133. The number of piperidine rings is 2. The van der Waals surface area contributed by atoms with E-state index in [1.54, 1.807) is 0 Å². The molecule has 0 aromatic rings. The lowest BCUT2D eigenvalue weighted by atomic mass is 9.75. The van der Waals surface area contributed by atoms with E-state index in [0.717, 1.165) is 50.0 Å². The second kappa shape index (κ2) is 14.5. The van der Waals surface area contributed by atoms with Crippen molar-refractivity contribution in [3.05, 3.63) is 0 Å². The fourth-order valence-electron chi connectivity index (χ4n) is 5.21. The zero-order valence-electron chi connectivity index (χ0n) is 21.9. The van der Waals surface area contributed by atoms with Crippen LogP contribution in [0.5, 0.6) is 0 Å². The zero-order valence-corrected chi connectivity index (χ0v) is 21.9. The summed E-state index contributed by atoms with van der Waals surface area (Å²) in [5.74, 6) is 4.26. The molecule has 184 valence electrons. The topological polar surface area (TPSA) is 52.6 Å². The number of amides is 1. The van der Waals surface area contributed by atoms with Crippen LogP contribution in [0.3, 0.4) is 0 Å². The van der Waals surface area contributed by atoms with Gasteiger partial charge in [0.2, 0.25) is 5.91 Å². The second-order valence-electron chi connectivity index (χ2n) is 11.8. The van der Waals surface area contributed by atoms with Crippen molar-refractivity contribution in [3.63, 3.8) is 0 Å². The van der Waals surface area contributed by atoms with Crippen molar-refractivity contribution in [3.8, 4) is 0 Å². The van der Waals surface area contributed by atoms with Crippen LogP contribution in [-0.4, -0.2) is 48.2 Å². The lowest BCUT2D eigenvalue weighted by Gasteiger charge is -2.37. The molecule has 1 aliphatic carbocycles. The van der Waals surface area contributed by atoms with Gasteiger partial charge < -0.3 is 15.3 Å². The molecule has 0 spiro atoms. The van der Waals surface area contributed by atoms with Gasteiger partial charge in [0, 0.05) is 20.0 Å². The number of carbonyl (C=O) groups is 1. The first-order chi connectivity index (χ1) is 14.5. The molecule has 0 aromatic carbocycles. The van der Waals surface area contributed by atoms with Gasteiger partial charge in [0.05, 0.1) is 5.60 Å². The Hall–Kier alpha value is -0.610. The Morgan fingerprint density at radius 1 is 0.935 bits per heavy atom. The summed E-state index contributed by atoms with van der Waals surface area (Å²) in [4.78, 5) is 13.2. The molecule has 2 aliphatic heterocycles. The fraction of sp³-hybridized carbons (Fsp3) is 0.963. The smallest absolute Gasteiger partial charge is 0.222 e. The normalized spacial score (nSPS) is 23.8. The van der Waals surface area contributed by atoms with Crippen LogP contribution in [0.4, 0.5) is 0 Å². The molecule has 0 aromatic heterocycles. The van der Waals surface area contributed by atoms with Crippen molar-refractivity contribution in [2.45, 2.75) is 111 Å². The van der Waals surface area contributed by atoms with E-state index in [0.29, 0.717) is 17.7 Å². The predicted molar refractivity (Wildman–Crippen MR) is 133 cm³/mol. The molecular formula is C27H54N2O2. The predicted octanol–water partition coefficient (Wildman–Crippen LogP) is 5.88. The van der Waals surface area contributed by atoms with Gasteiger partial charge in [0.1, 0.15) is 0 Å². The van der Waals surface area contributed by atoms with Crippen LogP contribution >= 0.6 is 0 Å². The molecule has 2 heterocycles. The number of aliphatic hydroxyl groups is 1. The number of nitrogens with one attached hydrogen (secondary N) is 1. The first kappa shape index (κ1) is 28.4. The van der Waals surface area contributed by atoms with Crippen LogP contribution in [0.25, 0.3) is 0 Å². The standard InChI is InChI=1S/C10H19NO.C9H19N.C8H16O/c1-8(2)6-9-4-5-11(3)10(12)7-9;1-8(2)7-9-3-5-10-6-4-9;1-7(2)6-8(9)4-3-5-8/h8-9H,4-7H2,1-3H3;8-10H,3-7H2,1-2H3;7,9H,3-6H2,1-2H3. The minimum Gasteiger partial charge on any atom is -0.390 e. The van der Waals surface area contributed by atoms with Gasteiger partial charge in [-0.15, -0.1) is 0 Å². The quantitative estimate of drug-likeness (QED) is 0.544. The summed E-state index contributed by atoms with van der Waals surface area (Å²) in [5, 5.41) is 13.0. The highest BCUT2D eigenvalue weighted by Gasteiger charge is 2.34. The monoisotopic (exact) mass is 438 g/mol. The Balaban J connectivity index is 0.000000235. The zero-order chi connectivity index (χ0) is 23.4. The number of likely N-dealkylation sites (tertiary alicyclic amines) is 1. The summed E-state index contributed by atoms with van der Waals surface area (Å²) in [6.07, 6.45) is 11.7. The molecule has 4 nitrogen and oxygen atoms in total. The number of nitrogens with zero attached hydrogens (tertiary/aromatic N) is 1. The minimum absolute atomic E-state index is 0.256. The maximum atomic E-state index is 11.3. The summed E-state index contributed by atoms with van der Waals surface area (Å²) in [6, 6.07) is 0. The van der Waals surface area contributed by atoms with Crippen LogP contribution in [0.2, 0.25) is 0 Å². The average molecular weight is 439 g/mol. The van der Waals surface area contributed by atoms with Gasteiger partial charge in [0.25, 0.3) is 0 Å². The number of carbonyl (C=O) groups excluding carboxylic acids is 1. The molecule has 31 heavy (non-hydrogen) atoms. The third kappa shape index (κ3) is 12.9. The molecule has 3 aliphatic rings. The van der Waals surface area contributed by atoms with E-state index in [4.69, 9.17) is 0 Å². The SMILES string of the molecule is CC(C)CC1(O)CCC1.CC(C)CC1CCN(C)C(=O)C1.CC(C)CC1CCNCC1. The van der Waals surface area contributed by atoms with Gasteiger partial charge in [0.15, 0.2) is 0 Å². The third-order valence-corrected chi connectivity index (χ3v) is 6.90. The molecule has 1 atom stereocenters. The molecule has 2 N–H and O–H groups in total. The molecule has 0 radical (unpaired) electrons. The molecule has 1 saturated carbocycles. The molecule has 3 fully saturated rings. The third-order valence-electron chi connectivity index (χ3n) is 6.90. The number of rotatable bonds is 6. The van der Waals surface area contributed by atoms with Gasteiger partial charge in [-0.2, -0.15) is 0 Å². The van der Waals surface area contributed by atoms with E-state index in [1.165, 1.54) is 51.6 Å². The van der Waals surface area contributed by atoms with Gasteiger partial charge in [-0.25, -0.2) is 0 Å². The molecule has 2 saturated heterocycles. The van der Waals surface area contributed by atoms with Crippen LogP contribution in [-0.2, 0) is 4.79 Å². The molecule has 1 unspecified atom stereocenters. The highest BCUT2D eigenvalue weighted by Crippen LogP contribution is 2.36. The van der Waals surface area contributed by atoms with Gasteiger partial charge in [-0.05, 0) is 100 Å². The van der Waals surface area contributed by atoms with Crippen LogP contribution < -0.4 is 5.32 Å². The summed E-state index contributed by atoms with van der Waals surface area (Å²) < 4.78 is 0. The van der Waals surface area contributed by atoms with Crippen molar-refractivity contribution in [2.24, 2.45) is 29.6 Å². The first-order valence-corrected chi connectivity index (χ1v) is 13.2. The van der Waals surface area contributed by atoms with Crippen molar-refractivity contribution in [1.29, 1.82) is 0 Å². The van der Waals surface area contributed by atoms with Crippen LogP contribution in [0.1, 0.15) is 106 Å². The maximum Gasteiger partial charge on any atom is 0.222 e. The highest BCUT2D eigenvalue weighted by atomic mass is 16.3. The summed E-state index contributed by atoms with van der Waals surface area (Å²) >= 11 is 0. The second-order valence-corrected chi connectivity index (χ2v) is 11.8. The Kier molecular flexibility index (Phi) is 13.3. The molecule has 4 heteroatoms. The van der Waals surface area contributed by atoms with E-state index >= 15 is 0 Å². The minimum atomic E-state index is -0.256. The van der Waals surface area contributed by atoms with Gasteiger partial charge in [-0.1, -0.05) is 41.5 Å². The molecule has 1 amide bonds. The largest absolute Gasteiger partial charge is 0.390 e. The molecule has 0 bridgehead atoms. The Morgan fingerprint density at radius 2 is 1.48 bits per heavy atom. The Morgan fingerprint density at radius 3 is 1.87 bits per heavy atom. The maximum absolute atomic E-state index is 11.3. The first-order valence-electron chi connectivity index (χ1n) is 13.2. The van der Waals surface area contributed by atoms with E-state index in [-0.39, 0.29) is 5.60 Å². The Bertz CT molecular complexity index is 480. The summed E-state index contributed by atoms with van der Waals surface area (Å²) in [6.45, 7) is 16.9. The van der Waals surface area contributed by atoms with Crippen molar-refractivity contribution < 1.29 is 9.90 Å². The van der Waals surface area contributed by atoms with Gasteiger partial charge in [-0.3, -0.25) is 4.79 Å². The summed E-state index contributed by atoms with van der Waals surface area (Å²) in [7, 11) is 1.90. The van der Waals surface area contributed by atoms with E-state index in [1.807, 2.05) is 11.9 Å². The van der Waals surface area contributed by atoms with E-state index in [9.17, 15) is 9.90 Å². The fourth-order valence-corrected chi connectivity index (χ4v) is 5.21. The van der Waals surface area contributed by atoms with Crippen molar-refractivity contribution in [2.75, 3.05) is 26.7 Å². The molecule has 3 rings (SSSR count).